The van der Waals surface area contributed by atoms with Crippen LogP contribution < -0.4 is 0 Å². The Labute approximate surface area is 50.0 Å². The van der Waals surface area contributed by atoms with Crippen LogP contribution in [0.2, 0.25) is 0 Å². The Balaban J connectivity index is 0.000000250. The first-order valence-electron chi connectivity index (χ1n) is 1.49. The van der Waals surface area contributed by atoms with Crippen LogP contribution in [0.25, 0.3) is 0 Å². The molecule has 0 amide bonds. The summed E-state index contributed by atoms with van der Waals surface area (Å²) < 4.78 is 0. The van der Waals surface area contributed by atoms with Crippen LogP contribution >= 0.6 is 0 Å². The van der Waals surface area contributed by atoms with E-state index in [4.69, 9.17) is 0 Å². The number of hydrogen-bond donors (Lipinski definition) is 0. The predicted molar refractivity (Wildman–Crippen MR) is 15.7 cm³/mol. The minimum Gasteiger partial charge on any atom is -0.378 e. The van der Waals surface area contributed by atoms with E-state index in [9.17, 15) is 0 Å². The predicted octanol–water partition coefficient (Wildman–Crippen LogP) is 0.381. The van der Waals surface area contributed by atoms with E-state index in [1.54, 1.807) is 0 Å². The molecule has 0 bridgehead atoms. The molecule has 0 N–H and O–H groups in total. The largest absolute Gasteiger partial charge is 0.378 e. The minimum absolute atomic E-state index is 0. The van der Waals surface area contributed by atoms with Gasteiger partial charge in [0.2, 0.25) is 0 Å². The third-order valence-electron chi connectivity index (χ3n) is 0.398. The number of rotatable bonds is 0. The Morgan fingerprint density at radius 1 is 1.50 bits per heavy atom. The van der Waals surface area contributed by atoms with Crippen molar-refractivity contribution in [1.29, 1.82) is 0 Å². The first-order chi connectivity index (χ1) is 2.50. The maximum Gasteiger partial charge on any atom is 0.140 e. The standard InChI is InChI=1S/C2H4N2O.Pt/c1-2-5-4-3-1;/h1-2H2;. The van der Waals surface area contributed by atoms with Gasteiger partial charge in [0, 0.05) is 26.3 Å². The van der Waals surface area contributed by atoms with Crippen LogP contribution in [0.15, 0.2) is 10.4 Å². The molecule has 0 fully saturated rings. The summed E-state index contributed by atoms with van der Waals surface area (Å²) in [4.78, 5) is 4.40. The van der Waals surface area contributed by atoms with Crippen LogP contribution in [0.1, 0.15) is 0 Å². The molecule has 38 valence electrons. The van der Waals surface area contributed by atoms with Crippen molar-refractivity contribution in [1.82, 2.24) is 0 Å². The molecule has 1 aliphatic heterocycles. The third kappa shape index (κ3) is 1.51. The summed E-state index contributed by atoms with van der Waals surface area (Å²) in [7, 11) is 0. The monoisotopic (exact) mass is 267 g/mol. The van der Waals surface area contributed by atoms with Crippen LogP contribution in [-0.4, -0.2) is 13.2 Å². The fourth-order valence-corrected chi connectivity index (χ4v) is 0.204. The molecule has 0 atom stereocenters. The van der Waals surface area contributed by atoms with Gasteiger partial charge in [0.15, 0.2) is 0 Å². The molecule has 0 aromatic rings. The average Bonchev–Trinajstić information content (AvgIpc) is 1.76. The molecular weight excluding hydrogens is 263 g/mol. The molecule has 4 heteroatoms. The van der Waals surface area contributed by atoms with Gasteiger partial charge in [-0.25, -0.2) is 0 Å². The van der Waals surface area contributed by atoms with Gasteiger partial charge in [-0.1, -0.05) is 0 Å². The fourth-order valence-electron chi connectivity index (χ4n) is 0.204. The summed E-state index contributed by atoms with van der Waals surface area (Å²) in [5, 5.41) is 6.69. The number of nitrogens with zero attached hydrogens (tertiary/aromatic N) is 2. The Morgan fingerprint density at radius 3 is 2.50 bits per heavy atom. The Hall–Kier alpha value is 0.0883. The smallest absolute Gasteiger partial charge is 0.140 e. The van der Waals surface area contributed by atoms with E-state index in [0.717, 1.165) is 6.54 Å². The summed E-state index contributed by atoms with van der Waals surface area (Å²) in [6.45, 7) is 1.40. The molecule has 0 aliphatic carbocycles. The van der Waals surface area contributed by atoms with E-state index in [-0.39, 0.29) is 21.1 Å². The van der Waals surface area contributed by atoms with E-state index >= 15 is 0 Å². The third-order valence-corrected chi connectivity index (χ3v) is 0.398. The summed E-state index contributed by atoms with van der Waals surface area (Å²) in [5.41, 5.74) is 0. The fraction of sp³-hybridized carbons (Fsp3) is 1.00. The van der Waals surface area contributed by atoms with Gasteiger partial charge in [-0.15, -0.1) is 0 Å². The first kappa shape index (κ1) is 6.09. The topological polar surface area (TPSA) is 34.0 Å². The van der Waals surface area contributed by atoms with E-state index < -0.39 is 0 Å². The molecule has 1 heterocycles. The van der Waals surface area contributed by atoms with Crippen molar-refractivity contribution in [3.05, 3.63) is 0 Å². The summed E-state index contributed by atoms with van der Waals surface area (Å²) in [6, 6.07) is 0. The van der Waals surface area contributed by atoms with Crippen LogP contribution in [-0.2, 0) is 25.9 Å². The van der Waals surface area contributed by atoms with Crippen molar-refractivity contribution < 1.29 is 25.9 Å². The normalized spacial score (nSPS) is 16.0. The van der Waals surface area contributed by atoms with Gasteiger partial charge < -0.3 is 4.84 Å². The molecule has 0 spiro atoms. The molecule has 0 aromatic heterocycles. The molecule has 0 unspecified atom stereocenters. The van der Waals surface area contributed by atoms with E-state index in [1.807, 2.05) is 0 Å². The second kappa shape index (κ2) is 3.28. The number of hydrogen-bond acceptors (Lipinski definition) is 3. The summed E-state index contributed by atoms with van der Waals surface area (Å²) >= 11 is 0. The van der Waals surface area contributed by atoms with Crippen molar-refractivity contribution in [3.63, 3.8) is 0 Å². The van der Waals surface area contributed by atoms with Gasteiger partial charge in [0.25, 0.3) is 0 Å². The first-order valence-corrected chi connectivity index (χ1v) is 1.49. The van der Waals surface area contributed by atoms with E-state index in [0.29, 0.717) is 6.61 Å². The van der Waals surface area contributed by atoms with Gasteiger partial charge in [-0.2, -0.15) is 5.11 Å². The summed E-state index contributed by atoms with van der Waals surface area (Å²) in [6.07, 6.45) is 0. The van der Waals surface area contributed by atoms with Crippen molar-refractivity contribution in [3.8, 4) is 0 Å². The molecule has 0 saturated heterocycles. The molecule has 3 nitrogen and oxygen atoms in total. The van der Waals surface area contributed by atoms with Gasteiger partial charge in [0.05, 0.1) is 0 Å². The Kier molecular flexibility index (Phi) is 3.33. The quantitative estimate of drug-likeness (QED) is 0.625. The minimum atomic E-state index is 0. The molecular formula is C2H4N2OPt. The maximum atomic E-state index is 4.40. The van der Waals surface area contributed by atoms with Crippen LogP contribution in [0.4, 0.5) is 0 Å². The zero-order chi connectivity index (χ0) is 3.54. The second-order valence-electron chi connectivity index (χ2n) is 0.780. The van der Waals surface area contributed by atoms with Crippen LogP contribution in [0, 0.1) is 0 Å². The van der Waals surface area contributed by atoms with Crippen LogP contribution in [0.5, 0.6) is 0 Å². The van der Waals surface area contributed by atoms with Crippen molar-refractivity contribution in [2.45, 2.75) is 0 Å². The maximum absolute atomic E-state index is 4.40. The molecule has 0 radical (unpaired) electrons. The molecule has 0 saturated carbocycles. The van der Waals surface area contributed by atoms with Crippen LogP contribution in [0.3, 0.4) is 0 Å². The van der Waals surface area contributed by atoms with Gasteiger partial charge in [-0.3, -0.25) is 0 Å². The van der Waals surface area contributed by atoms with E-state index in [1.165, 1.54) is 0 Å². The van der Waals surface area contributed by atoms with Gasteiger partial charge >= 0.3 is 0 Å². The molecule has 6 heavy (non-hydrogen) atoms. The zero-order valence-corrected chi connectivity index (χ0v) is 5.31. The van der Waals surface area contributed by atoms with Crippen molar-refractivity contribution in [2.24, 2.45) is 10.4 Å². The Bertz CT molecular complexity index is 49.5. The second-order valence-corrected chi connectivity index (χ2v) is 0.780. The average molecular weight is 267 g/mol. The molecule has 1 rings (SSSR count). The SMILES string of the molecule is C1CON=N1.[Pt]. The summed E-state index contributed by atoms with van der Waals surface area (Å²) in [5.74, 6) is 0. The van der Waals surface area contributed by atoms with Gasteiger partial charge in [0.1, 0.15) is 13.2 Å². The van der Waals surface area contributed by atoms with Gasteiger partial charge in [-0.05, 0) is 0 Å². The Morgan fingerprint density at radius 2 is 2.33 bits per heavy atom. The van der Waals surface area contributed by atoms with Crippen molar-refractivity contribution in [2.75, 3.05) is 13.2 Å². The van der Waals surface area contributed by atoms with Crippen molar-refractivity contribution >= 4 is 0 Å². The van der Waals surface area contributed by atoms with E-state index in [2.05, 4.69) is 15.2 Å². The molecule has 1 aliphatic rings. The molecule has 0 aromatic carbocycles. The zero-order valence-electron chi connectivity index (χ0n) is 3.03.